The molecule has 0 bridgehead atoms. The van der Waals surface area contributed by atoms with Crippen molar-refractivity contribution in [2.75, 3.05) is 44.4 Å². The van der Waals surface area contributed by atoms with E-state index in [2.05, 4.69) is 27.1 Å². The van der Waals surface area contributed by atoms with Gasteiger partial charge in [-0.3, -0.25) is 0 Å². The summed E-state index contributed by atoms with van der Waals surface area (Å²) in [5, 5.41) is 3.08. The summed E-state index contributed by atoms with van der Waals surface area (Å²) in [6.07, 6.45) is 3.03. The molecule has 3 N–H and O–H groups in total. The smallest absolute Gasteiger partial charge is 0.188 e. The van der Waals surface area contributed by atoms with Crippen LogP contribution in [-0.2, 0) is 16.0 Å². The van der Waals surface area contributed by atoms with Crippen LogP contribution in [0.1, 0.15) is 25.8 Å². The molecule has 1 aromatic heterocycles. The van der Waals surface area contributed by atoms with Crippen LogP contribution in [0, 0.1) is 0 Å². The molecule has 1 saturated heterocycles. The summed E-state index contributed by atoms with van der Waals surface area (Å²) in [6.45, 7) is 9.36. The lowest BCUT2D eigenvalue weighted by molar-refractivity contribution is 0.0529. The number of morpholine rings is 1. The zero-order chi connectivity index (χ0) is 17.2. The number of hydrogen-bond acceptors (Lipinski definition) is 5. The van der Waals surface area contributed by atoms with Gasteiger partial charge in [-0.25, -0.2) is 9.98 Å². The highest BCUT2D eigenvalue weighted by atomic mass is 16.5. The summed E-state index contributed by atoms with van der Waals surface area (Å²) in [6, 6.07) is 4.09. The van der Waals surface area contributed by atoms with Gasteiger partial charge in [-0.1, -0.05) is 6.07 Å². The normalized spacial score (nSPS) is 18.7. The molecule has 0 radical (unpaired) electrons. The molecule has 0 aliphatic carbocycles. The van der Waals surface area contributed by atoms with Crippen molar-refractivity contribution < 1.29 is 9.47 Å². The Bertz CT molecular complexity index is 506. The van der Waals surface area contributed by atoms with E-state index >= 15 is 0 Å². The van der Waals surface area contributed by atoms with Crippen molar-refractivity contribution in [1.82, 2.24) is 10.3 Å². The minimum atomic E-state index is 0.249. The topological polar surface area (TPSA) is 85.0 Å². The van der Waals surface area contributed by atoms with Crippen LogP contribution in [0.4, 0.5) is 5.82 Å². The average molecular weight is 335 g/mol. The number of aromatic nitrogens is 1. The van der Waals surface area contributed by atoms with Crippen molar-refractivity contribution in [3.05, 3.63) is 23.9 Å². The molecule has 1 aliphatic rings. The van der Waals surface area contributed by atoms with Crippen molar-refractivity contribution >= 4 is 11.8 Å². The van der Waals surface area contributed by atoms with Gasteiger partial charge in [0.2, 0.25) is 0 Å². The van der Waals surface area contributed by atoms with Crippen LogP contribution < -0.4 is 16.0 Å². The fraction of sp³-hybridized carbons (Fsp3) is 0.647. The Morgan fingerprint density at radius 3 is 3.12 bits per heavy atom. The SMILES string of the molecule is CCOCCCNC(N)=NCc1ccc(N2CCOC(C)C2)nc1. The number of aliphatic imine (C=N–C) groups is 1. The number of ether oxygens (including phenoxy) is 2. The van der Waals surface area contributed by atoms with Crippen LogP contribution in [-0.4, -0.2) is 56.5 Å². The Kier molecular flexibility index (Phi) is 7.77. The maximum absolute atomic E-state index is 5.85. The molecule has 7 nitrogen and oxygen atoms in total. The zero-order valence-corrected chi connectivity index (χ0v) is 14.7. The summed E-state index contributed by atoms with van der Waals surface area (Å²) in [5.74, 6) is 1.44. The van der Waals surface area contributed by atoms with Gasteiger partial charge in [0.05, 0.1) is 19.3 Å². The molecule has 0 saturated carbocycles. The molecule has 0 amide bonds. The van der Waals surface area contributed by atoms with Gasteiger partial charge in [0, 0.05) is 39.0 Å². The third-order valence-corrected chi connectivity index (χ3v) is 3.78. The lowest BCUT2D eigenvalue weighted by Crippen LogP contribution is -2.41. The van der Waals surface area contributed by atoms with E-state index in [0.717, 1.165) is 57.3 Å². The number of anilines is 1. The third-order valence-electron chi connectivity index (χ3n) is 3.78. The molecule has 1 aliphatic heterocycles. The Morgan fingerprint density at radius 1 is 1.54 bits per heavy atom. The van der Waals surface area contributed by atoms with Crippen LogP contribution in [0.15, 0.2) is 23.3 Å². The van der Waals surface area contributed by atoms with Gasteiger partial charge in [-0.05, 0) is 31.9 Å². The molecule has 1 fully saturated rings. The molecule has 2 rings (SSSR count). The van der Waals surface area contributed by atoms with Crippen LogP contribution in [0.25, 0.3) is 0 Å². The molecule has 1 aromatic rings. The number of pyridine rings is 1. The van der Waals surface area contributed by atoms with Gasteiger partial charge in [-0.2, -0.15) is 0 Å². The van der Waals surface area contributed by atoms with Crippen molar-refractivity contribution in [2.24, 2.45) is 10.7 Å². The van der Waals surface area contributed by atoms with Gasteiger partial charge in [0.1, 0.15) is 5.82 Å². The van der Waals surface area contributed by atoms with Crippen molar-refractivity contribution in [3.8, 4) is 0 Å². The quantitative estimate of drug-likeness (QED) is 0.421. The lowest BCUT2D eigenvalue weighted by atomic mass is 10.2. The molecule has 0 spiro atoms. The molecule has 1 atom stereocenters. The fourth-order valence-corrected chi connectivity index (χ4v) is 2.49. The molecule has 24 heavy (non-hydrogen) atoms. The molecule has 7 heteroatoms. The first-order valence-corrected chi connectivity index (χ1v) is 8.62. The maximum atomic E-state index is 5.85. The highest BCUT2D eigenvalue weighted by Crippen LogP contribution is 2.15. The number of nitrogens with zero attached hydrogens (tertiary/aromatic N) is 3. The highest BCUT2D eigenvalue weighted by Gasteiger charge is 2.17. The standard InChI is InChI=1S/C17H29N5O2/c1-3-23-9-4-7-19-17(18)21-12-15-5-6-16(20-11-15)22-8-10-24-14(2)13-22/h5-6,11,14H,3-4,7-10,12-13H2,1-2H3,(H3,18,19,21). The van der Waals surface area contributed by atoms with E-state index in [1.807, 2.05) is 25.3 Å². The van der Waals surface area contributed by atoms with E-state index in [0.29, 0.717) is 12.5 Å². The van der Waals surface area contributed by atoms with Crippen LogP contribution in [0.3, 0.4) is 0 Å². The van der Waals surface area contributed by atoms with Gasteiger partial charge >= 0.3 is 0 Å². The number of rotatable bonds is 8. The molecule has 2 heterocycles. The van der Waals surface area contributed by atoms with Gasteiger partial charge in [0.25, 0.3) is 0 Å². The first kappa shape index (κ1) is 18.5. The predicted molar refractivity (Wildman–Crippen MR) is 96.3 cm³/mol. The van der Waals surface area contributed by atoms with E-state index in [9.17, 15) is 0 Å². The van der Waals surface area contributed by atoms with Crippen LogP contribution >= 0.6 is 0 Å². The average Bonchev–Trinajstić information content (AvgIpc) is 2.60. The molecule has 1 unspecified atom stereocenters. The summed E-state index contributed by atoms with van der Waals surface area (Å²) in [5.41, 5.74) is 6.89. The van der Waals surface area contributed by atoms with Gasteiger partial charge < -0.3 is 25.4 Å². The largest absolute Gasteiger partial charge is 0.382 e. The number of guanidine groups is 1. The Hall–Kier alpha value is -1.86. The first-order chi connectivity index (χ1) is 11.7. The van der Waals surface area contributed by atoms with Crippen LogP contribution in [0.5, 0.6) is 0 Å². The minimum absolute atomic E-state index is 0.249. The second-order valence-corrected chi connectivity index (χ2v) is 5.83. The minimum Gasteiger partial charge on any atom is -0.382 e. The number of hydrogen-bond donors (Lipinski definition) is 2. The van der Waals surface area contributed by atoms with E-state index in [-0.39, 0.29) is 6.10 Å². The third kappa shape index (κ3) is 6.33. The van der Waals surface area contributed by atoms with E-state index in [4.69, 9.17) is 15.2 Å². The molecule has 0 aromatic carbocycles. The van der Waals surface area contributed by atoms with Gasteiger partial charge in [-0.15, -0.1) is 0 Å². The Labute approximate surface area is 144 Å². The second kappa shape index (κ2) is 10.1. The molecular weight excluding hydrogens is 306 g/mol. The van der Waals surface area contributed by atoms with E-state index in [1.54, 1.807) is 0 Å². The summed E-state index contributed by atoms with van der Waals surface area (Å²) in [7, 11) is 0. The van der Waals surface area contributed by atoms with Gasteiger partial charge in [0.15, 0.2) is 5.96 Å². The summed E-state index contributed by atoms with van der Waals surface area (Å²) in [4.78, 5) is 11.1. The lowest BCUT2D eigenvalue weighted by Gasteiger charge is -2.32. The second-order valence-electron chi connectivity index (χ2n) is 5.83. The predicted octanol–water partition coefficient (Wildman–Crippen LogP) is 1.14. The number of nitrogens with two attached hydrogens (primary N) is 1. The van der Waals surface area contributed by atoms with Crippen LogP contribution in [0.2, 0.25) is 0 Å². The fourth-order valence-electron chi connectivity index (χ4n) is 2.49. The molecular formula is C17H29N5O2. The number of nitrogens with one attached hydrogen (secondary N) is 1. The molecule has 134 valence electrons. The Balaban J connectivity index is 1.75. The maximum Gasteiger partial charge on any atom is 0.188 e. The summed E-state index contributed by atoms with van der Waals surface area (Å²) < 4.78 is 10.8. The van der Waals surface area contributed by atoms with E-state index in [1.165, 1.54) is 0 Å². The van der Waals surface area contributed by atoms with E-state index < -0.39 is 0 Å². The monoisotopic (exact) mass is 335 g/mol. The highest BCUT2D eigenvalue weighted by molar-refractivity contribution is 5.77. The summed E-state index contributed by atoms with van der Waals surface area (Å²) >= 11 is 0. The zero-order valence-electron chi connectivity index (χ0n) is 14.7. The first-order valence-electron chi connectivity index (χ1n) is 8.62. The van der Waals surface area contributed by atoms with Crippen molar-refractivity contribution in [3.63, 3.8) is 0 Å². The van der Waals surface area contributed by atoms with Crippen molar-refractivity contribution in [2.45, 2.75) is 32.9 Å². The Morgan fingerprint density at radius 2 is 2.42 bits per heavy atom. The van der Waals surface area contributed by atoms with Crippen molar-refractivity contribution in [1.29, 1.82) is 0 Å².